The van der Waals surface area contributed by atoms with Crippen molar-refractivity contribution in [3.05, 3.63) is 46.8 Å². The van der Waals surface area contributed by atoms with Crippen LogP contribution >= 0.6 is 0 Å². The number of urea groups is 1. The number of hydrogen-bond donors (Lipinski definition) is 2. The molecule has 5 heteroatoms. The van der Waals surface area contributed by atoms with Gasteiger partial charge in [0.2, 0.25) is 0 Å². The quantitative estimate of drug-likeness (QED) is 0.890. The molecule has 0 radical (unpaired) electrons. The fourth-order valence-electron chi connectivity index (χ4n) is 1.71. The molecule has 1 aromatic carbocycles. The normalized spacial score (nSPS) is 10.3. The number of anilines is 1. The van der Waals surface area contributed by atoms with Gasteiger partial charge in [-0.05, 0) is 26.3 Å². The Morgan fingerprint density at radius 2 is 1.89 bits per heavy atom. The first kappa shape index (κ1) is 13.1. The van der Waals surface area contributed by atoms with E-state index in [1.165, 1.54) is 5.56 Å². The van der Waals surface area contributed by atoms with Crippen LogP contribution in [0.4, 0.5) is 10.5 Å². The smallest absolute Gasteiger partial charge is 0.319 e. The molecule has 0 spiro atoms. The molecule has 1 heterocycles. The van der Waals surface area contributed by atoms with Crippen molar-refractivity contribution in [1.82, 2.24) is 10.5 Å². The Labute approximate surface area is 112 Å². The number of nitrogens with zero attached hydrogens (tertiary/aromatic N) is 1. The highest BCUT2D eigenvalue weighted by Crippen LogP contribution is 2.18. The molecule has 5 nitrogen and oxygen atoms in total. The van der Waals surface area contributed by atoms with Crippen LogP contribution in [0.2, 0.25) is 0 Å². The highest BCUT2D eigenvalue weighted by molar-refractivity contribution is 5.90. The van der Waals surface area contributed by atoms with Crippen molar-refractivity contribution in [3.63, 3.8) is 0 Å². The first-order valence-electron chi connectivity index (χ1n) is 6.09. The van der Waals surface area contributed by atoms with Gasteiger partial charge in [0, 0.05) is 6.54 Å². The molecule has 2 amide bonds. The number of carbonyl (C=O) groups excluding carboxylic acids is 1. The van der Waals surface area contributed by atoms with Crippen molar-refractivity contribution < 1.29 is 9.32 Å². The van der Waals surface area contributed by atoms with Gasteiger partial charge in [0.1, 0.15) is 11.4 Å². The van der Waals surface area contributed by atoms with Gasteiger partial charge in [-0.2, -0.15) is 0 Å². The Kier molecular flexibility index (Phi) is 3.85. The summed E-state index contributed by atoms with van der Waals surface area (Å²) in [6, 6.07) is 7.75. The molecule has 0 bridgehead atoms. The number of aryl methyl sites for hydroxylation is 3. The molecule has 0 aliphatic heterocycles. The zero-order chi connectivity index (χ0) is 13.8. The summed E-state index contributed by atoms with van der Waals surface area (Å²) < 4.78 is 4.98. The molecule has 0 atom stereocenters. The Bertz CT molecular complexity index is 553. The molecule has 0 aliphatic rings. The first-order chi connectivity index (χ1) is 9.06. The fraction of sp³-hybridized carbons (Fsp3) is 0.286. The molecule has 0 aliphatic carbocycles. The number of rotatable bonds is 3. The molecule has 0 fully saturated rings. The summed E-state index contributed by atoms with van der Waals surface area (Å²) in [7, 11) is 0. The van der Waals surface area contributed by atoms with Crippen LogP contribution in [0, 0.1) is 20.8 Å². The lowest BCUT2D eigenvalue weighted by Crippen LogP contribution is -2.28. The van der Waals surface area contributed by atoms with E-state index in [2.05, 4.69) is 15.8 Å². The third kappa shape index (κ3) is 3.34. The largest absolute Gasteiger partial charge is 0.359 e. The van der Waals surface area contributed by atoms with E-state index in [4.69, 9.17) is 4.52 Å². The van der Waals surface area contributed by atoms with Crippen molar-refractivity contribution in [2.24, 2.45) is 0 Å². The van der Waals surface area contributed by atoms with Crippen LogP contribution in [-0.2, 0) is 6.54 Å². The number of benzene rings is 1. The highest BCUT2D eigenvalue weighted by atomic mass is 16.5. The lowest BCUT2D eigenvalue weighted by Gasteiger charge is -2.07. The van der Waals surface area contributed by atoms with Crippen LogP contribution in [-0.4, -0.2) is 11.2 Å². The third-order valence-electron chi connectivity index (χ3n) is 2.85. The Balaban J connectivity index is 1.90. The van der Waals surface area contributed by atoms with Gasteiger partial charge in [0.15, 0.2) is 5.76 Å². The van der Waals surface area contributed by atoms with Gasteiger partial charge in [-0.15, -0.1) is 0 Å². The van der Waals surface area contributed by atoms with E-state index in [0.29, 0.717) is 23.7 Å². The summed E-state index contributed by atoms with van der Waals surface area (Å²) in [5.74, 6) is 0.600. The summed E-state index contributed by atoms with van der Waals surface area (Å²) in [6.45, 7) is 6.05. The number of amides is 2. The molecule has 0 saturated heterocycles. The van der Waals surface area contributed by atoms with Gasteiger partial charge < -0.3 is 15.2 Å². The third-order valence-corrected chi connectivity index (χ3v) is 2.85. The van der Waals surface area contributed by atoms with Gasteiger partial charge in [-0.25, -0.2) is 4.79 Å². The number of carbonyl (C=O) groups is 1. The van der Waals surface area contributed by atoms with E-state index in [1.54, 1.807) is 13.8 Å². The SMILES string of the molecule is Cc1ccc(CNC(=O)Nc2c(C)noc2C)cc1. The Morgan fingerprint density at radius 3 is 2.47 bits per heavy atom. The van der Waals surface area contributed by atoms with E-state index < -0.39 is 0 Å². The standard InChI is InChI=1S/C14H17N3O2/c1-9-4-6-12(7-5-9)8-15-14(18)16-13-10(2)17-19-11(13)3/h4-7H,8H2,1-3H3,(H2,15,16,18). The van der Waals surface area contributed by atoms with E-state index in [1.807, 2.05) is 31.2 Å². The Hall–Kier alpha value is -2.30. The highest BCUT2D eigenvalue weighted by Gasteiger charge is 2.11. The van der Waals surface area contributed by atoms with Crippen molar-refractivity contribution >= 4 is 11.7 Å². The monoisotopic (exact) mass is 259 g/mol. The molecule has 2 aromatic rings. The second kappa shape index (κ2) is 5.56. The summed E-state index contributed by atoms with van der Waals surface area (Å²) >= 11 is 0. The first-order valence-corrected chi connectivity index (χ1v) is 6.09. The maximum absolute atomic E-state index is 11.8. The van der Waals surface area contributed by atoms with Crippen LogP contribution in [0.15, 0.2) is 28.8 Å². The molecule has 0 saturated carbocycles. The van der Waals surface area contributed by atoms with Gasteiger partial charge in [-0.1, -0.05) is 35.0 Å². The molecular weight excluding hydrogens is 242 g/mol. The van der Waals surface area contributed by atoms with Gasteiger partial charge in [-0.3, -0.25) is 0 Å². The van der Waals surface area contributed by atoms with Crippen molar-refractivity contribution in [3.8, 4) is 0 Å². The van der Waals surface area contributed by atoms with E-state index in [-0.39, 0.29) is 6.03 Å². The average molecular weight is 259 g/mol. The van der Waals surface area contributed by atoms with Gasteiger partial charge >= 0.3 is 6.03 Å². The molecule has 1 aromatic heterocycles. The lowest BCUT2D eigenvalue weighted by atomic mass is 10.1. The van der Waals surface area contributed by atoms with Crippen molar-refractivity contribution in [1.29, 1.82) is 0 Å². The number of aromatic nitrogens is 1. The molecule has 2 rings (SSSR count). The van der Waals surface area contributed by atoms with Crippen molar-refractivity contribution in [2.45, 2.75) is 27.3 Å². The van der Waals surface area contributed by atoms with E-state index >= 15 is 0 Å². The molecule has 0 unspecified atom stereocenters. The van der Waals surface area contributed by atoms with Gasteiger partial charge in [0.25, 0.3) is 0 Å². The average Bonchev–Trinajstić information content (AvgIpc) is 2.70. The maximum atomic E-state index is 11.8. The maximum Gasteiger partial charge on any atom is 0.319 e. The summed E-state index contributed by atoms with van der Waals surface area (Å²) in [5, 5.41) is 9.31. The van der Waals surface area contributed by atoms with Crippen LogP contribution in [0.3, 0.4) is 0 Å². The zero-order valence-corrected chi connectivity index (χ0v) is 11.3. The lowest BCUT2D eigenvalue weighted by molar-refractivity contribution is 0.251. The summed E-state index contributed by atoms with van der Waals surface area (Å²) in [5.41, 5.74) is 3.55. The zero-order valence-electron chi connectivity index (χ0n) is 11.3. The predicted octanol–water partition coefficient (Wildman–Crippen LogP) is 2.92. The van der Waals surface area contributed by atoms with Crippen molar-refractivity contribution in [2.75, 3.05) is 5.32 Å². The molecule has 100 valence electrons. The van der Waals surface area contributed by atoms with E-state index in [9.17, 15) is 4.79 Å². The molecule has 2 N–H and O–H groups in total. The van der Waals surface area contributed by atoms with Crippen LogP contribution in [0.5, 0.6) is 0 Å². The number of hydrogen-bond acceptors (Lipinski definition) is 3. The second-order valence-corrected chi connectivity index (χ2v) is 4.49. The van der Waals surface area contributed by atoms with Crippen LogP contribution in [0.25, 0.3) is 0 Å². The second-order valence-electron chi connectivity index (χ2n) is 4.49. The fourth-order valence-corrected chi connectivity index (χ4v) is 1.71. The number of nitrogens with one attached hydrogen (secondary N) is 2. The van der Waals surface area contributed by atoms with Crippen LogP contribution < -0.4 is 10.6 Å². The topological polar surface area (TPSA) is 67.2 Å². The minimum atomic E-state index is -0.269. The minimum absolute atomic E-state index is 0.269. The van der Waals surface area contributed by atoms with Gasteiger partial charge in [0.05, 0.1) is 0 Å². The van der Waals surface area contributed by atoms with Crippen LogP contribution in [0.1, 0.15) is 22.6 Å². The summed E-state index contributed by atoms with van der Waals surface area (Å²) in [4.78, 5) is 11.8. The minimum Gasteiger partial charge on any atom is -0.359 e. The predicted molar refractivity (Wildman–Crippen MR) is 73.0 cm³/mol. The summed E-state index contributed by atoms with van der Waals surface area (Å²) in [6.07, 6.45) is 0. The Morgan fingerprint density at radius 1 is 1.21 bits per heavy atom. The van der Waals surface area contributed by atoms with E-state index in [0.717, 1.165) is 5.56 Å². The molecular formula is C14H17N3O2. The molecule has 19 heavy (non-hydrogen) atoms.